The fourth-order valence-corrected chi connectivity index (χ4v) is 13.6. The van der Waals surface area contributed by atoms with Gasteiger partial charge in [0.05, 0.1) is 68.5 Å². The molecule has 29 nitrogen and oxygen atoms in total. The van der Waals surface area contributed by atoms with Crippen LogP contribution in [-0.2, 0) is 48.9 Å². The van der Waals surface area contributed by atoms with Crippen LogP contribution in [0.25, 0.3) is 12.2 Å². The van der Waals surface area contributed by atoms with Crippen LogP contribution >= 0.6 is 34.4 Å². The van der Waals surface area contributed by atoms with Crippen molar-refractivity contribution in [3.63, 3.8) is 0 Å². The van der Waals surface area contributed by atoms with Crippen molar-refractivity contribution < 1.29 is 54.6 Å². The Bertz CT molecular complexity index is 4120. The number of morpholine rings is 2. The van der Waals surface area contributed by atoms with Gasteiger partial charge in [0.15, 0.2) is 16.7 Å². The van der Waals surface area contributed by atoms with Gasteiger partial charge in [0.25, 0.3) is 32.1 Å². The number of unbranched alkanes of at least 4 members (excludes halogenated alkanes) is 1. The zero-order valence-electron chi connectivity index (χ0n) is 54.2. The number of carbonyl (C=O) groups excluding carboxylic acids is 4. The summed E-state index contributed by atoms with van der Waals surface area (Å²) in [5.41, 5.74) is 2.97. The van der Waals surface area contributed by atoms with Gasteiger partial charge < -0.3 is 50.3 Å². The molecule has 2 aliphatic heterocycles. The van der Waals surface area contributed by atoms with Crippen LogP contribution in [0.15, 0.2) is 131 Å². The van der Waals surface area contributed by atoms with Gasteiger partial charge >= 0.3 is 0 Å². The molecule has 4 aromatic carbocycles. The maximum atomic E-state index is 13.8. The standard InChI is InChI=1S/C63H73N17O12S5/c1-8-13-32-93-61-71-59(66-51-35-43(77(9-2)10-3)20-22-49(51)73-75-62-68-55(79-24-28-91-29-25-79)53(94-62)37-47(39(6)81)57(83)64-41-16-14-18-45(33-41)96(85,86)87)70-60(72-61)67-52-36-44(78(11-4)12-5)21-23-50(52)74-76-63-69-56(80-26-30-92-31-27-80)54(95-63)38-48(40(7)82)58(84)65-42-17-15-19-46(34-42)97(88,89)90/h14-23,33-38H,8-13,24-32H2,1-7H3,(H,64,83)(H,65,84)(H,85,86,87)(H,88,89,90)(H2,66,67,70,71,72). The average Bonchev–Trinajstić information content (AvgIpc) is 1.78. The highest BCUT2D eigenvalue weighted by Crippen LogP contribution is 2.41. The fraction of sp³-hybridized carbons (Fsp3) is 0.349. The molecule has 2 fully saturated rings. The third-order valence-electron chi connectivity index (χ3n) is 15.0. The highest BCUT2D eigenvalue weighted by atomic mass is 32.2. The molecule has 7 aromatic rings. The molecule has 0 atom stereocenters. The lowest BCUT2D eigenvalue weighted by Crippen LogP contribution is -2.36. The first-order chi connectivity index (χ1) is 46.5. The quantitative estimate of drug-likeness (QED) is 0.00463. The van der Waals surface area contributed by atoms with E-state index in [2.05, 4.69) is 48.2 Å². The maximum Gasteiger partial charge on any atom is 0.294 e. The number of carbonyl (C=O) groups is 4. The molecule has 34 heteroatoms. The summed E-state index contributed by atoms with van der Waals surface area (Å²) >= 11 is 3.63. The molecular formula is C63H73N17O12S5. The van der Waals surface area contributed by atoms with Crippen molar-refractivity contribution in [2.24, 2.45) is 20.5 Å². The third kappa shape index (κ3) is 19.4. The van der Waals surface area contributed by atoms with E-state index in [0.717, 1.165) is 59.0 Å². The molecule has 2 saturated heterocycles. The predicted octanol–water partition coefficient (Wildman–Crippen LogP) is 12.1. The Labute approximate surface area is 573 Å². The molecule has 97 heavy (non-hydrogen) atoms. The molecule has 0 spiro atoms. The number of nitrogens with zero attached hydrogens (tertiary/aromatic N) is 13. The Morgan fingerprint density at radius 3 is 1.36 bits per heavy atom. The summed E-state index contributed by atoms with van der Waals surface area (Å²) in [7, 11) is -9.18. The SMILES string of the molecule is CCCCSc1nc(Nc2cc(N(CC)CC)ccc2N=Nc2nc(N3CCOCC3)c(C=C(C(C)=O)C(=O)Nc3cccc(S(=O)(=O)O)c3)s2)nc(Nc2cc(N(CC)CC)ccc2N=Nc2nc(N3CCOCC3)c(C=C(C(C)=O)C(=O)Nc3cccc(S(=O)(=O)O)c3)s2)n1. The second-order valence-corrected chi connectivity index (χ2v) is 27.5. The fourth-order valence-electron chi connectivity index (χ4n) is 9.95. The number of Topliss-reactive ketones (excluding diaryl/α,β-unsaturated/α-hetero) is 2. The van der Waals surface area contributed by atoms with E-state index in [4.69, 9.17) is 44.6 Å². The summed E-state index contributed by atoms with van der Waals surface area (Å²) in [6, 6.07) is 21.3. The summed E-state index contributed by atoms with van der Waals surface area (Å²) in [4.78, 5) is 86.6. The molecule has 0 bridgehead atoms. The van der Waals surface area contributed by atoms with Crippen LogP contribution in [0, 0.1) is 0 Å². The number of hydrogen-bond acceptors (Lipinski definition) is 28. The van der Waals surface area contributed by atoms with Gasteiger partial charge in [-0.25, -0.2) is 0 Å². The monoisotopic (exact) mass is 1420 g/mol. The third-order valence-corrected chi connectivity index (χ3v) is 19.4. The van der Waals surface area contributed by atoms with E-state index in [9.17, 15) is 45.1 Å². The van der Waals surface area contributed by atoms with E-state index in [1.807, 2.05) is 73.9 Å². The maximum absolute atomic E-state index is 13.8. The van der Waals surface area contributed by atoms with Crippen LogP contribution in [0.3, 0.4) is 0 Å². The summed E-state index contributed by atoms with van der Waals surface area (Å²) in [6.45, 7) is 18.9. The molecule has 6 N–H and O–H groups in total. The van der Waals surface area contributed by atoms with Crippen molar-refractivity contribution in [2.45, 2.75) is 76.3 Å². The minimum Gasteiger partial charge on any atom is -0.378 e. The van der Waals surface area contributed by atoms with E-state index < -0.39 is 53.4 Å². The van der Waals surface area contributed by atoms with Crippen LogP contribution in [0.4, 0.5) is 79.3 Å². The van der Waals surface area contributed by atoms with Crippen LogP contribution in [0.2, 0.25) is 0 Å². The zero-order valence-corrected chi connectivity index (χ0v) is 58.3. The Morgan fingerprint density at radius 1 is 0.577 bits per heavy atom. The second kappa shape index (κ2) is 33.3. The second-order valence-electron chi connectivity index (χ2n) is 21.6. The number of ketones is 2. The van der Waals surface area contributed by atoms with E-state index >= 15 is 0 Å². The number of thioether (sulfide) groups is 1. The van der Waals surface area contributed by atoms with Crippen molar-refractivity contribution in [1.29, 1.82) is 0 Å². The molecule has 0 unspecified atom stereocenters. The lowest BCUT2D eigenvalue weighted by molar-refractivity contribution is -0.120. The number of azo groups is 2. The Balaban J connectivity index is 1.07. The summed E-state index contributed by atoms with van der Waals surface area (Å²) in [6.07, 6.45) is 4.63. The van der Waals surface area contributed by atoms with E-state index in [1.165, 1.54) is 74.2 Å². The minimum atomic E-state index is -4.59. The lowest BCUT2D eigenvalue weighted by atomic mass is 10.1. The highest BCUT2D eigenvalue weighted by Gasteiger charge is 2.27. The molecule has 5 heterocycles. The highest BCUT2D eigenvalue weighted by molar-refractivity contribution is 7.99. The zero-order chi connectivity index (χ0) is 69.4. The van der Waals surface area contributed by atoms with Gasteiger partial charge in [0.2, 0.25) is 22.2 Å². The molecule has 3 aromatic heterocycles. The van der Waals surface area contributed by atoms with Gasteiger partial charge in [0.1, 0.15) is 23.0 Å². The van der Waals surface area contributed by atoms with E-state index in [0.29, 0.717) is 134 Å². The smallest absolute Gasteiger partial charge is 0.294 e. The van der Waals surface area contributed by atoms with Gasteiger partial charge in [-0.3, -0.25) is 28.3 Å². The minimum absolute atomic E-state index is 0.0317. The number of benzene rings is 4. The van der Waals surface area contributed by atoms with E-state index in [-0.39, 0.29) is 44.7 Å². The van der Waals surface area contributed by atoms with Gasteiger partial charge in [-0.2, -0.15) is 41.8 Å². The van der Waals surface area contributed by atoms with Crippen LogP contribution < -0.4 is 40.9 Å². The van der Waals surface area contributed by atoms with Gasteiger partial charge in [-0.1, -0.05) is 59.9 Å². The molecule has 0 saturated carbocycles. The molecule has 9 rings (SSSR count). The largest absolute Gasteiger partial charge is 0.378 e. The normalized spacial score (nSPS) is 14.1. The van der Waals surface area contributed by atoms with Gasteiger partial charge in [-0.15, -0.1) is 20.5 Å². The Kier molecular flexibility index (Phi) is 24.8. The number of ether oxygens (including phenoxy) is 2. The predicted molar refractivity (Wildman–Crippen MR) is 378 cm³/mol. The molecule has 2 aliphatic rings. The number of rotatable bonds is 30. The summed E-state index contributed by atoms with van der Waals surface area (Å²) < 4.78 is 78.1. The van der Waals surface area contributed by atoms with E-state index in [1.54, 1.807) is 0 Å². The van der Waals surface area contributed by atoms with Crippen molar-refractivity contribution >= 4 is 169 Å². The van der Waals surface area contributed by atoms with Crippen LogP contribution in [0.1, 0.15) is 71.1 Å². The molecule has 2 amide bonds. The Hall–Kier alpha value is -9.00. The first-order valence-electron chi connectivity index (χ1n) is 31.0. The van der Waals surface area contributed by atoms with Crippen molar-refractivity contribution in [3.05, 3.63) is 106 Å². The first-order valence-corrected chi connectivity index (χ1v) is 36.5. The summed E-state index contributed by atoms with van der Waals surface area (Å²) in [5.74, 6) is -0.928. The van der Waals surface area contributed by atoms with Crippen LogP contribution in [0.5, 0.6) is 0 Å². The van der Waals surface area contributed by atoms with Crippen molar-refractivity contribution in [1.82, 2.24) is 24.9 Å². The molecule has 0 aliphatic carbocycles. The topological polar surface area (TPSA) is 370 Å². The average molecular weight is 1420 g/mol. The number of anilines is 10. The molecule has 512 valence electrons. The number of aromatic nitrogens is 5. The summed E-state index contributed by atoms with van der Waals surface area (Å²) in [5, 5.41) is 31.5. The van der Waals surface area contributed by atoms with Crippen molar-refractivity contribution in [2.75, 3.05) is 125 Å². The number of nitrogens with one attached hydrogen (secondary N) is 4. The van der Waals surface area contributed by atoms with Crippen LogP contribution in [-0.4, -0.2) is 159 Å². The molecular weight excluding hydrogens is 1350 g/mol. The number of thiazole rings is 2. The molecule has 0 radical (unpaired) electrons. The Morgan fingerprint density at radius 2 is 0.990 bits per heavy atom. The van der Waals surface area contributed by atoms with Gasteiger partial charge in [-0.05, 0) is 133 Å². The van der Waals surface area contributed by atoms with Gasteiger partial charge in [0, 0.05) is 80.9 Å². The lowest BCUT2D eigenvalue weighted by Gasteiger charge is -2.27. The first kappa shape index (κ1) is 72.3. The van der Waals surface area contributed by atoms with Crippen molar-refractivity contribution in [3.8, 4) is 0 Å². The number of amides is 2. The number of hydrogen-bond donors (Lipinski definition) is 6.